The number of carbonyl (C=O) groups excluding carboxylic acids is 2. The van der Waals surface area contributed by atoms with Crippen molar-refractivity contribution >= 4 is 39.1 Å². The number of ether oxygens (including phenoxy) is 1. The molecule has 22 heavy (non-hydrogen) atoms. The van der Waals surface area contributed by atoms with Crippen LogP contribution in [0.25, 0.3) is 0 Å². The number of amides is 2. The van der Waals surface area contributed by atoms with Crippen LogP contribution in [0.2, 0.25) is 0 Å². The summed E-state index contributed by atoms with van der Waals surface area (Å²) in [5.74, 6) is 0.347. The Morgan fingerprint density at radius 2 is 2.00 bits per heavy atom. The van der Waals surface area contributed by atoms with Crippen molar-refractivity contribution in [1.29, 1.82) is 0 Å². The Balaban J connectivity index is 1.57. The lowest BCUT2D eigenvalue weighted by Gasteiger charge is -2.08. The number of fused-ring (bicyclic) bond motifs is 1. The first-order valence-electron chi connectivity index (χ1n) is 6.71. The van der Waals surface area contributed by atoms with Gasteiger partial charge in [0.15, 0.2) is 6.61 Å². The zero-order valence-corrected chi connectivity index (χ0v) is 13.1. The van der Waals surface area contributed by atoms with E-state index in [1.807, 2.05) is 12.1 Å². The van der Waals surface area contributed by atoms with Crippen molar-refractivity contribution in [2.75, 3.05) is 17.2 Å². The summed E-state index contributed by atoms with van der Waals surface area (Å²) in [4.78, 5) is 23.2. The molecule has 6 heteroatoms. The molecule has 0 aliphatic carbocycles. The van der Waals surface area contributed by atoms with Crippen molar-refractivity contribution in [3.8, 4) is 5.75 Å². The molecule has 0 aromatic heterocycles. The normalized spacial score (nSPS) is 12.5. The number of hydrogen-bond donors (Lipinski definition) is 2. The molecule has 2 N–H and O–H groups in total. The minimum Gasteiger partial charge on any atom is -0.484 e. The maximum Gasteiger partial charge on any atom is 0.262 e. The molecule has 1 heterocycles. The number of nitrogens with one attached hydrogen (secondary N) is 2. The molecule has 0 radical (unpaired) electrons. The predicted molar refractivity (Wildman–Crippen MR) is 87.0 cm³/mol. The third kappa shape index (κ3) is 3.46. The Kier molecular flexibility index (Phi) is 4.11. The van der Waals surface area contributed by atoms with E-state index in [-0.39, 0.29) is 18.4 Å². The summed E-state index contributed by atoms with van der Waals surface area (Å²) < 4.78 is 6.35. The summed E-state index contributed by atoms with van der Waals surface area (Å²) in [6.07, 6.45) is 0.342. The quantitative estimate of drug-likeness (QED) is 0.880. The fourth-order valence-corrected chi connectivity index (χ4v) is 2.45. The summed E-state index contributed by atoms with van der Waals surface area (Å²) >= 11 is 3.33. The minimum absolute atomic E-state index is 0.0305. The number of halogens is 1. The van der Waals surface area contributed by atoms with Crippen LogP contribution < -0.4 is 15.4 Å². The van der Waals surface area contributed by atoms with Gasteiger partial charge in [0.25, 0.3) is 5.91 Å². The fourth-order valence-electron chi connectivity index (χ4n) is 2.18. The SMILES string of the molecule is O=C(COc1ccc(Br)cc1)Nc1ccc2c(c1)CC(=O)N2. The van der Waals surface area contributed by atoms with Gasteiger partial charge < -0.3 is 15.4 Å². The summed E-state index contributed by atoms with van der Waals surface area (Å²) in [7, 11) is 0. The summed E-state index contributed by atoms with van der Waals surface area (Å²) in [6.45, 7) is -0.0735. The number of hydrogen-bond acceptors (Lipinski definition) is 3. The highest BCUT2D eigenvalue weighted by Crippen LogP contribution is 2.26. The molecular formula is C16H13BrN2O3. The largest absolute Gasteiger partial charge is 0.484 e. The average Bonchev–Trinajstić information content (AvgIpc) is 2.86. The first-order chi connectivity index (χ1) is 10.6. The van der Waals surface area contributed by atoms with Crippen LogP contribution in [0.4, 0.5) is 11.4 Å². The van der Waals surface area contributed by atoms with E-state index < -0.39 is 0 Å². The Hall–Kier alpha value is -2.34. The molecule has 0 spiro atoms. The molecule has 2 amide bonds. The molecule has 0 saturated carbocycles. The zero-order chi connectivity index (χ0) is 15.5. The van der Waals surface area contributed by atoms with Gasteiger partial charge >= 0.3 is 0 Å². The second-order valence-electron chi connectivity index (χ2n) is 4.89. The molecule has 3 rings (SSSR count). The lowest BCUT2D eigenvalue weighted by Crippen LogP contribution is -2.20. The van der Waals surface area contributed by atoms with Gasteiger partial charge in [0, 0.05) is 15.8 Å². The monoisotopic (exact) mass is 360 g/mol. The highest BCUT2D eigenvalue weighted by molar-refractivity contribution is 9.10. The third-order valence-corrected chi connectivity index (χ3v) is 3.73. The van der Waals surface area contributed by atoms with E-state index in [0.29, 0.717) is 17.9 Å². The lowest BCUT2D eigenvalue weighted by atomic mass is 10.1. The summed E-state index contributed by atoms with van der Waals surface area (Å²) in [5, 5.41) is 5.50. The maximum absolute atomic E-state index is 11.9. The van der Waals surface area contributed by atoms with Crippen molar-refractivity contribution in [3.05, 3.63) is 52.5 Å². The van der Waals surface area contributed by atoms with Gasteiger partial charge in [0.1, 0.15) is 5.75 Å². The molecule has 2 aromatic carbocycles. The van der Waals surface area contributed by atoms with Crippen LogP contribution in [0.5, 0.6) is 5.75 Å². The van der Waals surface area contributed by atoms with Crippen molar-refractivity contribution in [1.82, 2.24) is 0 Å². The lowest BCUT2D eigenvalue weighted by molar-refractivity contribution is -0.118. The van der Waals surface area contributed by atoms with Crippen LogP contribution in [-0.4, -0.2) is 18.4 Å². The highest BCUT2D eigenvalue weighted by Gasteiger charge is 2.17. The Morgan fingerprint density at radius 1 is 1.23 bits per heavy atom. The predicted octanol–water partition coefficient (Wildman–Crippen LogP) is 2.96. The van der Waals surface area contributed by atoms with Gasteiger partial charge in [-0.1, -0.05) is 15.9 Å². The van der Waals surface area contributed by atoms with Crippen LogP contribution in [0.1, 0.15) is 5.56 Å². The summed E-state index contributed by atoms with van der Waals surface area (Å²) in [5.41, 5.74) is 2.34. The van der Waals surface area contributed by atoms with E-state index in [1.54, 1.807) is 30.3 Å². The number of rotatable bonds is 4. The number of carbonyl (C=O) groups is 2. The molecule has 1 aliphatic rings. The maximum atomic E-state index is 11.9. The molecule has 2 aromatic rings. The van der Waals surface area contributed by atoms with Crippen molar-refractivity contribution < 1.29 is 14.3 Å². The van der Waals surface area contributed by atoms with E-state index in [4.69, 9.17) is 4.74 Å². The van der Waals surface area contributed by atoms with Gasteiger partial charge in [-0.25, -0.2) is 0 Å². The van der Waals surface area contributed by atoms with Crippen LogP contribution in [-0.2, 0) is 16.0 Å². The molecular weight excluding hydrogens is 348 g/mol. The topological polar surface area (TPSA) is 67.4 Å². The molecule has 0 fully saturated rings. The summed E-state index contributed by atoms with van der Waals surface area (Å²) in [6, 6.07) is 12.6. The molecule has 5 nitrogen and oxygen atoms in total. The van der Waals surface area contributed by atoms with E-state index in [9.17, 15) is 9.59 Å². The van der Waals surface area contributed by atoms with Gasteiger partial charge in [-0.3, -0.25) is 9.59 Å². The zero-order valence-electron chi connectivity index (χ0n) is 11.6. The highest BCUT2D eigenvalue weighted by atomic mass is 79.9. The standard InChI is InChI=1S/C16H13BrN2O3/c17-11-1-4-13(5-2-11)22-9-16(21)18-12-3-6-14-10(7-12)8-15(20)19-14/h1-7H,8-9H2,(H,18,21)(H,19,20). The second kappa shape index (κ2) is 6.19. The second-order valence-corrected chi connectivity index (χ2v) is 5.80. The molecule has 112 valence electrons. The fraction of sp³-hybridized carbons (Fsp3) is 0.125. The van der Waals surface area contributed by atoms with E-state index in [0.717, 1.165) is 15.7 Å². The van der Waals surface area contributed by atoms with Crippen molar-refractivity contribution in [2.24, 2.45) is 0 Å². The molecule has 0 bridgehead atoms. The molecule has 0 atom stereocenters. The van der Waals surface area contributed by atoms with Crippen LogP contribution in [0.15, 0.2) is 46.9 Å². The Bertz CT molecular complexity index is 729. The van der Waals surface area contributed by atoms with Crippen LogP contribution >= 0.6 is 15.9 Å². The van der Waals surface area contributed by atoms with Gasteiger partial charge in [-0.15, -0.1) is 0 Å². The first-order valence-corrected chi connectivity index (χ1v) is 7.50. The number of benzene rings is 2. The molecule has 0 unspecified atom stereocenters. The first kappa shape index (κ1) is 14.6. The van der Waals surface area contributed by atoms with Gasteiger partial charge in [0.2, 0.25) is 5.91 Å². The van der Waals surface area contributed by atoms with Crippen LogP contribution in [0.3, 0.4) is 0 Å². The van der Waals surface area contributed by atoms with E-state index in [1.165, 1.54) is 0 Å². The van der Waals surface area contributed by atoms with Crippen molar-refractivity contribution in [3.63, 3.8) is 0 Å². The van der Waals surface area contributed by atoms with Crippen LogP contribution in [0, 0.1) is 0 Å². The number of anilines is 2. The Morgan fingerprint density at radius 3 is 2.77 bits per heavy atom. The molecule has 1 aliphatic heterocycles. The third-order valence-electron chi connectivity index (χ3n) is 3.20. The van der Waals surface area contributed by atoms with Gasteiger partial charge in [0.05, 0.1) is 6.42 Å². The van der Waals surface area contributed by atoms with E-state index >= 15 is 0 Å². The van der Waals surface area contributed by atoms with E-state index in [2.05, 4.69) is 26.6 Å². The Labute approximate surface area is 135 Å². The van der Waals surface area contributed by atoms with Crippen molar-refractivity contribution in [2.45, 2.75) is 6.42 Å². The van der Waals surface area contributed by atoms with Gasteiger partial charge in [-0.05, 0) is 48.0 Å². The van der Waals surface area contributed by atoms with Gasteiger partial charge in [-0.2, -0.15) is 0 Å². The molecule has 0 saturated heterocycles. The smallest absolute Gasteiger partial charge is 0.262 e. The average molecular weight is 361 g/mol. The minimum atomic E-state index is -0.250.